The van der Waals surface area contributed by atoms with Crippen molar-refractivity contribution in [2.75, 3.05) is 0 Å². The van der Waals surface area contributed by atoms with Crippen LogP contribution in [0.25, 0.3) is 0 Å². The lowest BCUT2D eigenvalue weighted by molar-refractivity contribution is -0.144. The monoisotopic (exact) mass is 268 g/mol. The number of carbonyl (C=O) groups is 2. The van der Waals surface area contributed by atoms with Crippen LogP contribution in [0.1, 0.15) is 27.7 Å². The topological polar surface area (TPSA) is 52.6 Å². The minimum Gasteiger partial charge on any atom is -0.459 e. The molecule has 0 saturated heterocycles. The van der Waals surface area contributed by atoms with E-state index in [1.807, 2.05) is 0 Å². The summed E-state index contributed by atoms with van der Waals surface area (Å²) in [6.07, 6.45) is -0.682. The standard InChI is InChI=1S/C10H14Cl2O4/c1-5(2)15-9(13)7(11)8(12)10(14)16-6(3)4/h5-6H,1-4H3. The van der Waals surface area contributed by atoms with E-state index in [9.17, 15) is 9.59 Å². The third-order valence-corrected chi connectivity index (χ3v) is 2.02. The van der Waals surface area contributed by atoms with Crippen LogP contribution in [0, 0.1) is 0 Å². The molecule has 0 N–H and O–H groups in total. The molecule has 6 heteroatoms. The predicted molar refractivity (Wildman–Crippen MR) is 61.2 cm³/mol. The molecule has 92 valence electrons. The normalized spacial score (nSPS) is 12.5. The lowest BCUT2D eigenvalue weighted by atomic mass is 10.4. The van der Waals surface area contributed by atoms with Gasteiger partial charge in [0.05, 0.1) is 12.2 Å². The van der Waals surface area contributed by atoms with Crippen molar-refractivity contribution in [1.29, 1.82) is 0 Å². The number of carbonyl (C=O) groups excluding carboxylic acids is 2. The fourth-order valence-corrected chi connectivity index (χ4v) is 0.954. The Morgan fingerprint density at radius 1 is 0.812 bits per heavy atom. The van der Waals surface area contributed by atoms with Crippen LogP contribution in [0.2, 0.25) is 0 Å². The molecule has 16 heavy (non-hydrogen) atoms. The lowest BCUT2D eigenvalue weighted by Crippen LogP contribution is -2.16. The molecule has 0 amide bonds. The smallest absolute Gasteiger partial charge is 0.351 e. The van der Waals surface area contributed by atoms with E-state index in [0.29, 0.717) is 0 Å². The van der Waals surface area contributed by atoms with Crippen molar-refractivity contribution < 1.29 is 19.1 Å². The quantitative estimate of drug-likeness (QED) is 0.581. The first kappa shape index (κ1) is 15.3. The Labute approximate surface area is 104 Å². The van der Waals surface area contributed by atoms with Gasteiger partial charge in [0.1, 0.15) is 0 Å². The maximum Gasteiger partial charge on any atom is 0.351 e. The van der Waals surface area contributed by atoms with E-state index in [1.165, 1.54) is 0 Å². The summed E-state index contributed by atoms with van der Waals surface area (Å²) in [5.41, 5.74) is 0. The molecule has 0 aliphatic rings. The summed E-state index contributed by atoms with van der Waals surface area (Å²) in [4.78, 5) is 22.6. The average Bonchev–Trinajstić information content (AvgIpc) is 2.13. The second kappa shape index (κ2) is 6.76. The van der Waals surface area contributed by atoms with Crippen molar-refractivity contribution in [1.82, 2.24) is 0 Å². The van der Waals surface area contributed by atoms with Crippen molar-refractivity contribution >= 4 is 35.1 Å². The van der Waals surface area contributed by atoms with Crippen LogP contribution < -0.4 is 0 Å². The summed E-state index contributed by atoms with van der Waals surface area (Å²) < 4.78 is 9.53. The van der Waals surface area contributed by atoms with E-state index in [1.54, 1.807) is 27.7 Å². The molecule has 0 atom stereocenters. The number of hydrogen-bond acceptors (Lipinski definition) is 4. The third kappa shape index (κ3) is 5.37. The van der Waals surface area contributed by atoms with Crippen LogP contribution >= 0.6 is 23.2 Å². The van der Waals surface area contributed by atoms with E-state index < -0.39 is 22.0 Å². The third-order valence-electron chi connectivity index (χ3n) is 1.24. The SMILES string of the molecule is CC(C)OC(=O)C(Cl)=C(Cl)C(=O)OC(C)C. The molecule has 0 bridgehead atoms. The van der Waals surface area contributed by atoms with E-state index in [-0.39, 0.29) is 12.2 Å². The van der Waals surface area contributed by atoms with E-state index >= 15 is 0 Å². The Bertz CT molecular complexity index is 278. The van der Waals surface area contributed by atoms with Crippen LogP contribution in [0.4, 0.5) is 0 Å². The van der Waals surface area contributed by atoms with Gasteiger partial charge in [0, 0.05) is 0 Å². The van der Waals surface area contributed by atoms with Crippen molar-refractivity contribution in [3.63, 3.8) is 0 Å². The second-order valence-electron chi connectivity index (χ2n) is 3.54. The van der Waals surface area contributed by atoms with Gasteiger partial charge < -0.3 is 9.47 Å². The number of ether oxygens (including phenoxy) is 2. The van der Waals surface area contributed by atoms with Gasteiger partial charge in [-0.2, -0.15) is 0 Å². The Balaban J connectivity index is 4.68. The number of hydrogen-bond donors (Lipinski definition) is 0. The highest BCUT2D eigenvalue weighted by Crippen LogP contribution is 2.18. The summed E-state index contributed by atoms with van der Waals surface area (Å²) in [5.74, 6) is -1.69. The van der Waals surface area contributed by atoms with E-state index in [2.05, 4.69) is 0 Å². The zero-order valence-electron chi connectivity index (χ0n) is 9.54. The molecule has 0 aliphatic carbocycles. The molecule has 0 aliphatic heterocycles. The molecule has 0 aromatic heterocycles. The lowest BCUT2D eigenvalue weighted by Gasteiger charge is -2.09. The van der Waals surface area contributed by atoms with Crippen molar-refractivity contribution in [2.24, 2.45) is 0 Å². The van der Waals surface area contributed by atoms with Crippen LogP contribution in [-0.4, -0.2) is 24.1 Å². The van der Waals surface area contributed by atoms with Gasteiger partial charge >= 0.3 is 11.9 Å². The van der Waals surface area contributed by atoms with Gasteiger partial charge in [-0.1, -0.05) is 23.2 Å². The van der Waals surface area contributed by atoms with Crippen LogP contribution in [-0.2, 0) is 19.1 Å². The zero-order valence-corrected chi connectivity index (χ0v) is 11.1. The molecule has 0 aromatic rings. The molecular formula is C10H14Cl2O4. The maximum atomic E-state index is 11.3. The molecular weight excluding hydrogens is 255 g/mol. The first-order valence-corrected chi connectivity index (χ1v) is 5.48. The van der Waals surface area contributed by atoms with Crippen molar-refractivity contribution in [2.45, 2.75) is 39.9 Å². The summed E-state index contributed by atoms with van der Waals surface area (Å²) in [7, 11) is 0. The minimum absolute atomic E-state index is 0.341. The van der Waals surface area contributed by atoms with Crippen molar-refractivity contribution in [3.8, 4) is 0 Å². The van der Waals surface area contributed by atoms with E-state index in [0.717, 1.165) is 0 Å². The highest BCUT2D eigenvalue weighted by Gasteiger charge is 2.21. The van der Waals surface area contributed by atoms with Crippen LogP contribution in [0.5, 0.6) is 0 Å². The average molecular weight is 269 g/mol. The Kier molecular flexibility index (Phi) is 6.45. The molecule has 0 radical (unpaired) electrons. The molecule has 0 spiro atoms. The largest absolute Gasteiger partial charge is 0.459 e. The molecule has 0 rings (SSSR count). The zero-order chi connectivity index (χ0) is 12.9. The highest BCUT2D eigenvalue weighted by atomic mass is 35.5. The second-order valence-corrected chi connectivity index (χ2v) is 4.29. The Morgan fingerprint density at radius 3 is 1.25 bits per heavy atom. The summed E-state index contributed by atoms with van der Waals surface area (Å²) in [6.45, 7) is 6.62. The first-order chi connectivity index (χ1) is 7.25. The molecule has 0 saturated carbocycles. The van der Waals surface area contributed by atoms with Crippen LogP contribution in [0.3, 0.4) is 0 Å². The van der Waals surface area contributed by atoms with Gasteiger partial charge in [-0.25, -0.2) is 9.59 Å². The summed E-state index contributed by atoms with van der Waals surface area (Å²) in [6, 6.07) is 0. The number of esters is 2. The molecule has 4 nitrogen and oxygen atoms in total. The van der Waals surface area contributed by atoms with Gasteiger partial charge in [-0.05, 0) is 27.7 Å². The van der Waals surface area contributed by atoms with Gasteiger partial charge in [0.25, 0.3) is 0 Å². The minimum atomic E-state index is -0.845. The molecule has 0 aromatic carbocycles. The van der Waals surface area contributed by atoms with Gasteiger partial charge in [0.2, 0.25) is 0 Å². The summed E-state index contributed by atoms with van der Waals surface area (Å²) in [5, 5.41) is -0.943. The van der Waals surface area contributed by atoms with E-state index in [4.69, 9.17) is 32.7 Å². The molecule has 0 unspecified atom stereocenters. The van der Waals surface area contributed by atoms with Gasteiger partial charge in [0.15, 0.2) is 10.1 Å². The molecule has 0 fully saturated rings. The van der Waals surface area contributed by atoms with Crippen molar-refractivity contribution in [3.05, 3.63) is 10.1 Å². The fraction of sp³-hybridized carbons (Fsp3) is 0.600. The Morgan fingerprint density at radius 2 is 1.06 bits per heavy atom. The molecule has 0 heterocycles. The fourth-order valence-electron chi connectivity index (χ4n) is 0.711. The maximum absolute atomic E-state index is 11.3. The predicted octanol–water partition coefficient (Wildman–Crippen LogP) is 2.58. The van der Waals surface area contributed by atoms with Crippen LogP contribution in [0.15, 0.2) is 10.1 Å². The summed E-state index contributed by atoms with van der Waals surface area (Å²) >= 11 is 11.2. The first-order valence-electron chi connectivity index (χ1n) is 4.73. The number of rotatable bonds is 4. The van der Waals surface area contributed by atoms with Gasteiger partial charge in [-0.3, -0.25) is 0 Å². The number of halogens is 2. The Hall–Kier alpha value is -0.740. The van der Waals surface area contributed by atoms with Gasteiger partial charge in [-0.15, -0.1) is 0 Å². The highest BCUT2D eigenvalue weighted by molar-refractivity contribution is 6.53.